The molecule has 0 bridgehead atoms. The van der Waals surface area contributed by atoms with E-state index < -0.39 is 0 Å². The van der Waals surface area contributed by atoms with Crippen molar-refractivity contribution in [1.82, 2.24) is 9.97 Å². The van der Waals surface area contributed by atoms with E-state index >= 15 is 0 Å². The van der Waals surface area contributed by atoms with Crippen LogP contribution in [0.2, 0.25) is 0 Å². The molecule has 0 fully saturated rings. The minimum Gasteiger partial charge on any atom is -0.439 e. The number of hydrogen-bond acceptors (Lipinski definition) is 4. The summed E-state index contributed by atoms with van der Waals surface area (Å²) >= 11 is 3.46. The molecule has 5 heteroatoms. The van der Waals surface area contributed by atoms with Gasteiger partial charge in [0.05, 0.1) is 0 Å². The van der Waals surface area contributed by atoms with Gasteiger partial charge in [-0.2, -0.15) is 4.98 Å². The van der Waals surface area contributed by atoms with Crippen molar-refractivity contribution in [3.05, 3.63) is 40.1 Å². The van der Waals surface area contributed by atoms with Gasteiger partial charge in [0.15, 0.2) is 0 Å². The lowest BCUT2D eigenvalue weighted by Gasteiger charge is -2.11. The summed E-state index contributed by atoms with van der Waals surface area (Å²) in [6, 6.07) is 7.79. The van der Waals surface area contributed by atoms with Gasteiger partial charge in [0.25, 0.3) is 0 Å². The largest absolute Gasteiger partial charge is 0.439 e. The highest BCUT2D eigenvalue weighted by Gasteiger charge is 2.08. The Balaban J connectivity index is 2.31. The number of rotatable bonds is 6. The Morgan fingerprint density at radius 2 is 2.00 bits per heavy atom. The van der Waals surface area contributed by atoms with Crippen LogP contribution in [0.5, 0.6) is 11.6 Å². The zero-order chi connectivity index (χ0) is 15.2. The molecule has 0 aliphatic heterocycles. The maximum atomic E-state index is 5.94. The number of anilines is 1. The first kappa shape index (κ1) is 15.8. The number of aromatic nitrogens is 2. The molecule has 0 radical (unpaired) electrons. The lowest BCUT2D eigenvalue weighted by molar-refractivity contribution is 0.455. The molecule has 0 amide bonds. The number of nitrogens with one attached hydrogen (secondary N) is 1. The highest BCUT2D eigenvalue weighted by Crippen LogP contribution is 2.28. The van der Waals surface area contributed by atoms with Crippen LogP contribution in [0, 0.1) is 6.92 Å². The predicted octanol–water partition coefficient (Wildman–Crippen LogP) is 4.72. The molecule has 1 heterocycles. The molecule has 1 aromatic heterocycles. The summed E-state index contributed by atoms with van der Waals surface area (Å²) in [6.45, 7) is 6.99. The summed E-state index contributed by atoms with van der Waals surface area (Å²) in [5.41, 5.74) is 1.07. The third kappa shape index (κ3) is 4.43. The molecule has 4 nitrogen and oxygen atoms in total. The summed E-state index contributed by atoms with van der Waals surface area (Å²) in [5.74, 6) is 2.98. The minimum atomic E-state index is 0.575. The van der Waals surface area contributed by atoms with Gasteiger partial charge in [-0.3, -0.25) is 0 Å². The molecule has 0 atom stereocenters. The fourth-order valence-electron chi connectivity index (χ4n) is 1.93. The summed E-state index contributed by atoms with van der Waals surface area (Å²) in [6.07, 6.45) is 1.85. The van der Waals surface area contributed by atoms with Crippen LogP contribution in [0.25, 0.3) is 0 Å². The van der Waals surface area contributed by atoms with Crippen molar-refractivity contribution in [3.63, 3.8) is 0 Å². The number of nitrogens with zero attached hydrogens (tertiary/aromatic N) is 2. The van der Waals surface area contributed by atoms with Gasteiger partial charge < -0.3 is 10.1 Å². The van der Waals surface area contributed by atoms with E-state index in [-0.39, 0.29) is 0 Å². The van der Waals surface area contributed by atoms with E-state index in [9.17, 15) is 0 Å². The van der Waals surface area contributed by atoms with Crippen LogP contribution in [0.1, 0.15) is 31.7 Å². The zero-order valence-corrected chi connectivity index (χ0v) is 14.2. The summed E-state index contributed by atoms with van der Waals surface area (Å²) < 4.78 is 6.93. The Bertz CT molecular complexity index is 592. The minimum absolute atomic E-state index is 0.575. The molecule has 1 aromatic carbocycles. The fourth-order valence-corrected chi connectivity index (χ4v) is 2.27. The van der Waals surface area contributed by atoms with E-state index in [1.807, 2.05) is 38.1 Å². The molecule has 0 aliphatic rings. The fraction of sp³-hybridized carbons (Fsp3) is 0.375. The van der Waals surface area contributed by atoms with Gasteiger partial charge in [0.2, 0.25) is 5.88 Å². The van der Waals surface area contributed by atoms with E-state index in [4.69, 9.17) is 4.74 Å². The monoisotopic (exact) mass is 349 g/mol. The molecule has 2 aromatic rings. The normalized spacial score (nSPS) is 10.5. The average Bonchev–Trinajstić information content (AvgIpc) is 2.43. The van der Waals surface area contributed by atoms with Crippen molar-refractivity contribution in [2.45, 2.75) is 33.6 Å². The zero-order valence-electron chi connectivity index (χ0n) is 12.6. The van der Waals surface area contributed by atoms with Crippen LogP contribution >= 0.6 is 15.9 Å². The van der Waals surface area contributed by atoms with Crippen molar-refractivity contribution >= 4 is 21.7 Å². The Kier molecular flexibility index (Phi) is 5.56. The number of ether oxygens (including phenoxy) is 1. The Labute approximate surface area is 134 Å². The van der Waals surface area contributed by atoms with Crippen LogP contribution in [0.15, 0.2) is 28.7 Å². The van der Waals surface area contributed by atoms with Crippen molar-refractivity contribution in [2.24, 2.45) is 0 Å². The smallest absolute Gasteiger partial charge is 0.224 e. The van der Waals surface area contributed by atoms with Crippen molar-refractivity contribution in [3.8, 4) is 11.6 Å². The van der Waals surface area contributed by atoms with Gasteiger partial charge in [-0.05, 0) is 38.0 Å². The van der Waals surface area contributed by atoms with Gasteiger partial charge in [0, 0.05) is 23.5 Å². The molecule has 0 unspecified atom stereocenters. The van der Waals surface area contributed by atoms with Gasteiger partial charge >= 0.3 is 0 Å². The molecule has 0 saturated heterocycles. The molecular formula is C16H20BrN3O. The number of benzene rings is 1. The van der Waals surface area contributed by atoms with Gasteiger partial charge in [-0.25, -0.2) is 4.98 Å². The maximum Gasteiger partial charge on any atom is 0.224 e. The van der Waals surface area contributed by atoms with Crippen molar-refractivity contribution in [2.75, 3.05) is 11.9 Å². The second kappa shape index (κ2) is 7.41. The topological polar surface area (TPSA) is 47.0 Å². The van der Waals surface area contributed by atoms with E-state index in [0.29, 0.717) is 5.88 Å². The molecular weight excluding hydrogens is 330 g/mol. The lowest BCUT2D eigenvalue weighted by Crippen LogP contribution is -2.05. The first-order valence-corrected chi connectivity index (χ1v) is 7.97. The van der Waals surface area contributed by atoms with Crippen LogP contribution < -0.4 is 10.1 Å². The van der Waals surface area contributed by atoms with Gasteiger partial charge in [0.1, 0.15) is 17.4 Å². The number of aryl methyl sites for hydroxylation is 2. The predicted molar refractivity (Wildman–Crippen MR) is 89.1 cm³/mol. The van der Waals surface area contributed by atoms with Gasteiger partial charge in [-0.1, -0.05) is 28.9 Å². The third-order valence-corrected chi connectivity index (χ3v) is 3.44. The summed E-state index contributed by atoms with van der Waals surface area (Å²) in [4.78, 5) is 8.97. The third-order valence-electron chi connectivity index (χ3n) is 2.95. The van der Waals surface area contributed by atoms with Crippen LogP contribution in [0.3, 0.4) is 0 Å². The molecule has 112 valence electrons. The maximum absolute atomic E-state index is 5.94. The molecule has 2 rings (SSSR count). The van der Waals surface area contributed by atoms with Crippen LogP contribution in [-0.2, 0) is 6.42 Å². The van der Waals surface area contributed by atoms with Crippen molar-refractivity contribution < 1.29 is 4.74 Å². The molecule has 21 heavy (non-hydrogen) atoms. The second-order valence-corrected chi connectivity index (χ2v) is 5.72. The molecule has 0 saturated carbocycles. The molecule has 1 N–H and O–H groups in total. The summed E-state index contributed by atoms with van der Waals surface area (Å²) in [5, 5.41) is 3.22. The first-order valence-electron chi connectivity index (χ1n) is 7.18. The lowest BCUT2D eigenvalue weighted by atomic mass is 10.2. The van der Waals surface area contributed by atoms with E-state index in [1.165, 1.54) is 0 Å². The van der Waals surface area contributed by atoms with E-state index in [0.717, 1.165) is 46.8 Å². The van der Waals surface area contributed by atoms with Crippen LogP contribution in [0.4, 0.5) is 5.82 Å². The van der Waals surface area contributed by atoms with E-state index in [1.54, 1.807) is 0 Å². The Morgan fingerprint density at radius 1 is 1.19 bits per heavy atom. The molecule has 0 spiro atoms. The summed E-state index contributed by atoms with van der Waals surface area (Å²) in [7, 11) is 0. The number of halogens is 1. The van der Waals surface area contributed by atoms with Crippen molar-refractivity contribution in [1.29, 1.82) is 0 Å². The average molecular weight is 350 g/mol. The van der Waals surface area contributed by atoms with E-state index in [2.05, 4.69) is 38.1 Å². The Morgan fingerprint density at radius 3 is 2.71 bits per heavy atom. The Hall–Kier alpha value is -1.62. The highest BCUT2D eigenvalue weighted by molar-refractivity contribution is 9.10. The van der Waals surface area contributed by atoms with Gasteiger partial charge in [-0.15, -0.1) is 0 Å². The highest BCUT2D eigenvalue weighted by atomic mass is 79.9. The quantitative estimate of drug-likeness (QED) is 0.819. The standard InChI is InChI=1S/C16H20BrN3O/c1-4-6-14-19-15(18-5-2)10-16(20-14)21-13-9-12(17)8-7-11(13)3/h7-10H,4-6H2,1-3H3,(H,18,19,20). The van der Waals surface area contributed by atoms with Crippen LogP contribution in [-0.4, -0.2) is 16.5 Å². The second-order valence-electron chi connectivity index (χ2n) is 4.80. The SMILES string of the molecule is CCCc1nc(NCC)cc(Oc2cc(Br)ccc2C)n1. The first-order chi connectivity index (χ1) is 10.1. The number of hydrogen-bond donors (Lipinski definition) is 1. The molecule has 0 aliphatic carbocycles.